The highest BCUT2D eigenvalue weighted by molar-refractivity contribution is 6.02. The molecule has 0 aliphatic carbocycles. The van der Waals surface area contributed by atoms with E-state index in [9.17, 15) is 4.79 Å². The van der Waals surface area contributed by atoms with Crippen molar-refractivity contribution in [2.45, 2.75) is 20.0 Å². The standard InChI is InChI=1S/C13H18O4/c1-5-17-9(2)13(14)11-8-10(15-3)6-7-12(11)16-4/h6-9H,5H2,1-4H3. The second-order valence-corrected chi connectivity index (χ2v) is 3.53. The fourth-order valence-corrected chi connectivity index (χ4v) is 1.55. The van der Waals surface area contributed by atoms with E-state index in [-0.39, 0.29) is 5.78 Å². The van der Waals surface area contributed by atoms with Gasteiger partial charge < -0.3 is 14.2 Å². The van der Waals surface area contributed by atoms with Crippen molar-refractivity contribution < 1.29 is 19.0 Å². The van der Waals surface area contributed by atoms with E-state index in [1.165, 1.54) is 7.11 Å². The molecule has 0 fully saturated rings. The molecular formula is C13H18O4. The molecule has 0 N–H and O–H groups in total. The first kappa shape index (κ1) is 13.5. The van der Waals surface area contributed by atoms with Crippen molar-refractivity contribution in [1.29, 1.82) is 0 Å². The quantitative estimate of drug-likeness (QED) is 0.713. The number of Topliss-reactive ketones (excluding diaryl/α,β-unsaturated/α-hetero) is 1. The molecule has 1 aromatic carbocycles. The van der Waals surface area contributed by atoms with Crippen LogP contribution in [0.5, 0.6) is 11.5 Å². The van der Waals surface area contributed by atoms with E-state index in [1.807, 2.05) is 6.92 Å². The Morgan fingerprint density at radius 1 is 1.29 bits per heavy atom. The van der Waals surface area contributed by atoms with Gasteiger partial charge in [-0.15, -0.1) is 0 Å². The van der Waals surface area contributed by atoms with Crippen LogP contribution in [0.4, 0.5) is 0 Å². The SMILES string of the molecule is CCOC(C)C(=O)c1cc(OC)ccc1OC. The molecule has 0 heterocycles. The number of ketones is 1. The van der Waals surface area contributed by atoms with Crippen LogP contribution < -0.4 is 9.47 Å². The maximum Gasteiger partial charge on any atom is 0.195 e. The van der Waals surface area contributed by atoms with Crippen molar-refractivity contribution in [1.82, 2.24) is 0 Å². The van der Waals surface area contributed by atoms with Gasteiger partial charge in [0.25, 0.3) is 0 Å². The molecule has 0 spiro atoms. The van der Waals surface area contributed by atoms with Crippen LogP contribution in [0.1, 0.15) is 24.2 Å². The topological polar surface area (TPSA) is 44.8 Å². The lowest BCUT2D eigenvalue weighted by atomic mass is 10.1. The predicted octanol–water partition coefficient (Wildman–Crippen LogP) is 2.31. The van der Waals surface area contributed by atoms with Crippen LogP contribution in [0.25, 0.3) is 0 Å². The molecule has 1 rings (SSSR count). The fourth-order valence-electron chi connectivity index (χ4n) is 1.55. The minimum absolute atomic E-state index is 0.109. The van der Waals surface area contributed by atoms with E-state index in [4.69, 9.17) is 14.2 Å². The minimum Gasteiger partial charge on any atom is -0.497 e. The van der Waals surface area contributed by atoms with E-state index >= 15 is 0 Å². The molecule has 0 aromatic heterocycles. The zero-order chi connectivity index (χ0) is 12.8. The van der Waals surface area contributed by atoms with Gasteiger partial charge in [0.05, 0.1) is 19.8 Å². The molecule has 0 aliphatic heterocycles. The van der Waals surface area contributed by atoms with Gasteiger partial charge >= 0.3 is 0 Å². The molecule has 0 amide bonds. The molecule has 1 unspecified atom stereocenters. The summed E-state index contributed by atoms with van der Waals surface area (Å²) in [4.78, 5) is 12.1. The minimum atomic E-state index is -0.485. The van der Waals surface area contributed by atoms with Gasteiger partial charge in [0.1, 0.15) is 17.6 Å². The summed E-state index contributed by atoms with van der Waals surface area (Å²) in [5.41, 5.74) is 0.479. The van der Waals surface area contributed by atoms with Crippen molar-refractivity contribution in [2.75, 3.05) is 20.8 Å². The van der Waals surface area contributed by atoms with E-state index in [1.54, 1.807) is 32.2 Å². The Labute approximate surface area is 101 Å². The molecular weight excluding hydrogens is 220 g/mol. The van der Waals surface area contributed by atoms with E-state index < -0.39 is 6.10 Å². The van der Waals surface area contributed by atoms with Crippen LogP contribution >= 0.6 is 0 Å². The number of hydrogen-bond acceptors (Lipinski definition) is 4. The summed E-state index contributed by atoms with van der Waals surface area (Å²) >= 11 is 0. The normalized spacial score (nSPS) is 12.0. The maximum atomic E-state index is 12.1. The first-order valence-corrected chi connectivity index (χ1v) is 5.51. The molecule has 0 bridgehead atoms. The van der Waals surface area contributed by atoms with E-state index in [2.05, 4.69) is 0 Å². The molecule has 94 valence electrons. The second-order valence-electron chi connectivity index (χ2n) is 3.53. The summed E-state index contributed by atoms with van der Waals surface area (Å²) in [5.74, 6) is 1.04. The number of hydrogen-bond donors (Lipinski definition) is 0. The zero-order valence-electron chi connectivity index (χ0n) is 10.6. The van der Waals surface area contributed by atoms with Crippen molar-refractivity contribution >= 4 is 5.78 Å². The van der Waals surface area contributed by atoms with Crippen molar-refractivity contribution in [3.63, 3.8) is 0 Å². The smallest absolute Gasteiger partial charge is 0.195 e. The summed E-state index contributed by atoms with van der Waals surface area (Å²) in [5, 5.41) is 0. The van der Waals surface area contributed by atoms with Crippen LogP contribution in [-0.2, 0) is 4.74 Å². The molecule has 4 heteroatoms. The summed E-state index contributed by atoms with van der Waals surface area (Å²) in [6.07, 6.45) is -0.485. The van der Waals surface area contributed by atoms with Gasteiger partial charge in [-0.05, 0) is 32.0 Å². The third-order valence-electron chi connectivity index (χ3n) is 2.46. The van der Waals surface area contributed by atoms with Crippen LogP contribution in [0.2, 0.25) is 0 Å². The van der Waals surface area contributed by atoms with Crippen LogP contribution in [0, 0.1) is 0 Å². The molecule has 1 aromatic rings. The van der Waals surface area contributed by atoms with Crippen LogP contribution in [-0.4, -0.2) is 32.7 Å². The largest absolute Gasteiger partial charge is 0.497 e. The van der Waals surface area contributed by atoms with Gasteiger partial charge in [-0.1, -0.05) is 0 Å². The van der Waals surface area contributed by atoms with Crippen LogP contribution in [0.3, 0.4) is 0 Å². The summed E-state index contributed by atoms with van der Waals surface area (Å²) in [7, 11) is 3.09. The number of methoxy groups -OCH3 is 2. The predicted molar refractivity (Wildman–Crippen MR) is 65.0 cm³/mol. The lowest BCUT2D eigenvalue weighted by Gasteiger charge is -2.14. The molecule has 0 saturated heterocycles. The number of ether oxygens (including phenoxy) is 3. The summed E-state index contributed by atoms with van der Waals surface area (Å²) in [6.45, 7) is 4.08. The lowest BCUT2D eigenvalue weighted by molar-refractivity contribution is 0.0518. The number of carbonyl (C=O) groups is 1. The number of benzene rings is 1. The van der Waals surface area contributed by atoms with Gasteiger partial charge in [0.2, 0.25) is 0 Å². The maximum absolute atomic E-state index is 12.1. The fraction of sp³-hybridized carbons (Fsp3) is 0.462. The third-order valence-corrected chi connectivity index (χ3v) is 2.46. The Kier molecular flexibility index (Phi) is 4.97. The van der Waals surface area contributed by atoms with Crippen molar-refractivity contribution in [2.24, 2.45) is 0 Å². The van der Waals surface area contributed by atoms with Gasteiger partial charge in [-0.2, -0.15) is 0 Å². The van der Waals surface area contributed by atoms with Crippen LogP contribution in [0.15, 0.2) is 18.2 Å². The first-order chi connectivity index (χ1) is 8.13. The van der Waals surface area contributed by atoms with Gasteiger partial charge in [0.15, 0.2) is 5.78 Å². The average molecular weight is 238 g/mol. The molecule has 1 atom stereocenters. The monoisotopic (exact) mass is 238 g/mol. The first-order valence-electron chi connectivity index (χ1n) is 5.51. The van der Waals surface area contributed by atoms with E-state index in [0.29, 0.717) is 23.7 Å². The number of rotatable bonds is 6. The average Bonchev–Trinajstić information content (AvgIpc) is 2.37. The van der Waals surface area contributed by atoms with Crippen molar-refractivity contribution in [3.8, 4) is 11.5 Å². The summed E-state index contributed by atoms with van der Waals surface area (Å²) < 4.78 is 15.5. The van der Waals surface area contributed by atoms with Gasteiger partial charge in [-0.25, -0.2) is 0 Å². The highest BCUT2D eigenvalue weighted by Crippen LogP contribution is 2.25. The Bertz CT molecular complexity index is 387. The molecule has 4 nitrogen and oxygen atoms in total. The summed E-state index contributed by atoms with van der Waals surface area (Å²) in [6, 6.07) is 5.13. The molecule has 0 saturated carbocycles. The Morgan fingerprint density at radius 2 is 2.00 bits per heavy atom. The van der Waals surface area contributed by atoms with Gasteiger partial charge in [-0.3, -0.25) is 4.79 Å². The second kappa shape index (κ2) is 6.25. The van der Waals surface area contributed by atoms with Gasteiger partial charge in [0, 0.05) is 6.61 Å². The van der Waals surface area contributed by atoms with Crippen molar-refractivity contribution in [3.05, 3.63) is 23.8 Å². The lowest BCUT2D eigenvalue weighted by Crippen LogP contribution is -2.21. The highest BCUT2D eigenvalue weighted by atomic mass is 16.5. The highest BCUT2D eigenvalue weighted by Gasteiger charge is 2.20. The number of carbonyl (C=O) groups excluding carboxylic acids is 1. The zero-order valence-corrected chi connectivity index (χ0v) is 10.6. The van der Waals surface area contributed by atoms with E-state index in [0.717, 1.165) is 0 Å². The Balaban J connectivity index is 3.05. The third kappa shape index (κ3) is 3.20. The Morgan fingerprint density at radius 3 is 2.53 bits per heavy atom. The molecule has 17 heavy (non-hydrogen) atoms. The molecule has 0 radical (unpaired) electrons. The Hall–Kier alpha value is -1.55. The molecule has 0 aliphatic rings.